The molecule has 0 aliphatic carbocycles. The molecule has 0 spiro atoms. The number of nitrogens with zero attached hydrogens (tertiary/aromatic N) is 1. The molecule has 0 aliphatic rings. The van der Waals surface area contributed by atoms with Crippen molar-refractivity contribution < 1.29 is 9.84 Å². The Bertz CT molecular complexity index is 109. The first kappa shape index (κ1) is 12.9. The lowest BCUT2D eigenvalue weighted by Gasteiger charge is -2.23. The van der Waals surface area contributed by atoms with Gasteiger partial charge < -0.3 is 14.7 Å². The van der Waals surface area contributed by atoms with Gasteiger partial charge in [-0.2, -0.15) is 0 Å². The van der Waals surface area contributed by atoms with Gasteiger partial charge in [0.15, 0.2) is 0 Å². The summed E-state index contributed by atoms with van der Waals surface area (Å²) in [5, 5.41) is 8.49. The molecule has 1 atom stereocenters. The number of hydrogen-bond acceptors (Lipinski definition) is 3. The van der Waals surface area contributed by atoms with Crippen LogP contribution in [-0.4, -0.2) is 49.5 Å². The van der Waals surface area contributed by atoms with Crippen LogP contribution in [0, 0.1) is 0 Å². The van der Waals surface area contributed by atoms with E-state index in [1.807, 2.05) is 0 Å². The second-order valence-corrected chi connectivity index (χ2v) is 3.45. The van der Waals surface area contributed by atoms with Crippen molar-refractivity contribution in [2.24, 2.45) is 0 Å². The third kappa shape index (κ3) is 6.99. The molecule has 0 aromatic heterocycles. The fourth-order valence-electron chi connectivity index (χ4n) is 1.23. The lowest BCUT2D eigenvalue weighted by molar-refractivity contribution is 0.0711. The van der Waals surface area contributed by atoms with E-state index < -0.39 is 0 Å². The highest BCUT2D eigenvalue weighted by Crippen LogP contribution is 2.02. The zero-order chi connectivity index (χ0) is 10.1. The standard InChI is InChI=1S/C10H23NO2/c1-4-5-10(2)11(3)6-8-13-9-7-12/h10,12H,4-9H2,1-3H3. The summed E-state index contributed by atoms with van der Waals surface area (Å²) >= 11 is 0. The summed E-state index contributed by atoms with van der Waals surface area (Å²) in [5.41, 5.74) is 0. The number of hydrogen-bond donors (Lipinski definition) is 1. The Kier molecular flexibility index (Phi) is 8.40. The minimum atomic E-state index is 0.119. The van der Waals surface area contributed by atoms with Gasteiger partial charge in [-0.05, 0) is 20.4 Å². The second-order valence-electron chi connectivity index (χ2n) is 3.45. The minimum absolute atomic E-state index is 0.119. The van der Waals surface area contributed by atoms with Crippen LogP contribution in [0.5, 0.6) is 0 Å². The lowest BCUT2D eigenvalue weighted by Crippen LogP contribution is -2.32. The molecule has 0 aliphatic heterocycles. The molecule has 0 aromatic rings. The molecule has 0 heterocycles. The van der Waals surface area contributed by atoms with Crippen molar-refractivity contribution in [1.82, 2.24) is 4.90 Å². The number of aliphatic hydroxyl groups excluding tert-OH is 1. The van der Waals surface area contributed by atoms with Crippen LogP contribution in [0.1, 0.15) is 26.7 Å². The molecule has 3 nitrogen and oxygen atoms in total. The van der Waals surface area contributed by atoms with Gasteiger partial charge in [-0.1, -0.05) is 13.3 Å². The van der Waals surface area contributed by atoms with E-state index in [1.54, 1.807) is 0 Å². The maximum Gasteiger partial charge on any atom is 0.0698 e. The number of likely N-dealkylation sites (N-methyl/N-ethyl adjacent to an activating group) is 1. The van der Waals surface area contributed by atoms with E-state index in [-0.39, 0.29) is 6.61 Å². The predicted octanol–water partition coefficient (Wildman–Crippen LogP) is 1.12. The van der Waals surface area contributed by atoms with Gasteiger partial charge in [0.2, 0.25) is 0 Å². The van der Waals surface area contributed by atoms with E-state index in [0.29, 0.717) is 19.3 Å². The zero-order valence-electron chi connectivity index (χ0n) is 9.12. The van der Waals surface area contributed by atoms with Crippen LogP contribution in [0.2, 0.25) is 0 Å². The summed E-state index contributed by atoms with van der Waals surface area (Å²) in [7, 11) is 2.11. The highest BCUT2D eigenvalue weighted by molar-refractivity contribution is 4.61. The predicted molar refractivity (Wildman–Crippen MR) is 54.9 cm³/mol. The summed E-state index contributed by atoms with van der Waals surface area (Å²) in [5.74, 6) is 0. The SMILES string of the molecule is CCCC(C)N(C)CCOCCO. The Morgan fingerprint density at radius 3 is 2.62 bits per heavy atom. The van der Waals surface area contributed by atoms with E-state index in [2.05, 4.69) is 25.8 Å². The third-order valence-corrected chi connectivity index (χ3v) is 2.28. The molecule has 1 unspecified atom stereocenters. The van der Waals surface area contributed by atoms with Crippen LogP contribution in [-0.2, 0) is 4.74 Å². The molecule has 0 saturated carbocycles. The quantitative estimate of drug-likeness (QED) is 0.581. The average Bonchev–Trinajstić information content (AvgIpc) is 2.12. The van der Waals surface area contributed by atoms with E-state index in [0.717, 1.165) is 6.54 Å². The van der Waals surface area contributed by atoms with E-state index in [1.165, 1.54) is 12.8 Å². The summed E-state index contributed by atoms with van der Waals surface area (Å²) < 4.78 is 5.19. The molecule has 13 heavy (non-hydrogen) atoms. The second kappa shape index (κ2) is 8.48. The molecular weight excluding hydrogens is 166 g/mol. The summed E-state index contributed by atoms with van der Waals surface area (Å²) in [4.78, 5) is 2.29. The van der Waals surface area contributed by atoms with E-state index in [9.17, 15) is 0 Å². The van der Waals surface area contributed by atoms with Crippen molar-refractivity contribution in [3.05, 3.63) is 0 Å². The van der Waals surface area contributed by atoms with Gasteiger partial charge in [-0.25, -0.2) is 0 Å². The summed E-state index contributed by atoms with van der Waals surface area (Å²) in [6.45, 7) is 6.67. The maximum absolute atomic E-state index is 8.49. The van der Waals surface area contributed by atoms with Crippen LogP contribution in [0.3, 0.4) is 0 Å². The van der Waals surface area contributed by atoms with E-state index in [4.69, 9.17) is 9.84 Å². The first-order valence-electron chi connectivity index (χ1n) is 5.11. The van der Waals surface area contributed by atoms with Gasteiger partial charge in [-0.3, -0.25) is 0 Å². The molecule has 80 valence electrons. The maximum atomic E-state index is 8.49. The van der Waals surface area contributed by atoms with Crippen LogP contribution in [0.25, 0.3) is 0 Å². The average molecular weight is 189 g/mol. The Hall–Kier alpha value is -0.120. The molecular formula is C10H23NO2. The number of aliphatic hydroxyl groups is 1. The van der Waals surface area contributed by atoms with Crippen molar-refractivity contribution in [1.29, 1.82) is 0 Å². The monoisotopic (exact) mass is 189 g/mol. The normalized spacial score (nSPS) is 13.6. The molecule has 1 N–H and O–H groups in total. The van der Waals surface area contributed by atoms with Gasteiger partial charge >= 0.3 is 0 Å². The highest BCUT2D eigenvalue weighted by atomic mass is 16.5. The van der Waals surface area contributed by atoms with Gasteiger partial charge in [0.1, 0.15) is 0 Å². The molecule has 0 bridgehead atoms. The summed E-state index contributed by atoms with van der Waals surface area (Å²) in [6, 6.07) is 0.628. The smallest absolute Gasteiger partial charge is 0.0698 e. The topological polar surface area (TPSA) is 32.7 Å². The number of rotatable bonds is 8. The van der Waals surface area contributed by atoms with Gasteiger partial charge in [0.25, 0.3) is 0 Å². The molecule has 0 fully saturated rings. The Balaban J connectivity index is 3.32. The largest absolute Gasteiger partial charge is 0.394 e. The Labute approximate surface area is 81.7 Å². The molecule has 0 aromatic carbocycles. The highest BCUT2D eigenvalue weighted by Gasteiger charge is 2.06. The number of ether oxygens (including phenoxy) is 1. The molecule has 0 amide bonds. The molecule has 0 radical (unpaired) electrons. The van der Waals surface area contributed by atoms with Crippen molar-refractivity contribution in [2.45, 2.75) is 32.7 Å². The van der Waals surface area contributed by atoms with Crippen molar-refractivity contribution >= 4 is 0 Å². The van der Waals surface area contributed by atoms with Crippen LogP contribution >= 0.6 is 0 Å². The van der Waals surface area contributed by atoms with Gasteiger partial charge in [0, 0.05) is 12.6 Å². The van der Waals surface area contributed by atoms with Gasteiger partial charge in [0.05, 0.1) is 19.8 Å². The van der Waals surface area contributed by atoms with Crippen molar-refractivity contribution in [3.8, 4) is 0 Å². The fourth-order valence-corrected chi connectivity index (χ4v) is 1.23. The molecule has 0 rings (SSSR count). The van der Waals surface area contributed by atoms with Crippen LogP contribution in [0.4, 0.5) is 0 Å². The van der Waals surface area contributed by atoms with Crippen LogP contribution in [0.15, 0.2) is 0 Å². The first-order valence-corrected chi connectivity index (χ1v) is 5.11. The zero-order valence-corrected chi connectivity index (χ0v) is 9.12. The van der Waals surface area contributed by atoms with Crippen molar-refractivity contribution in [3.63, 3.8) is 0 Å². The molecule has 3 heteroatoms. The van der Waals surface area contributed by atoms with Crippen molar-refractivity contribution in [2.75, 3.05) is 33.4 Å². The molecule has 0 saturated heterocycles. The Morgan fingerprint density at radius 2 is 2.08 bits per heavy atom. The Morgan fingerprint density at radius 1 is 1.38 bits per heavy atom. The summed E-state index contributed by atoms with van der Waals surface area (Å²) in [6.07, 6.45) is 2.46. The first-order chi connectivity index (χ1) is 6.22. The van der Waals surface area contributed by atoms with Gasteiger partial charge in [-0.15, -0.1) is 0 Å². The van der Waals surface area contributed by atoms with E-state index >= 15 is 0 Å². The van der Waals surface area contributed by atoms with Crippen LogP contribution < -0.4 is 0 Å². The third-order valence-electron chi connectivity index (χ3n) is 2.28. The minimum Gasteiger partial charge on any atom is -0.394 e. The fraction of sp³-hybridized carbons (Fsp3) is 1.00. The lowest BCUT2D eigenvalue weighted by atomic mass is 10.2.